The van der Waals surface area contributed by atoms with Gasteiger partial charge in [0.25, 0.3) is 12.3 Å². The first-order valence-corrected chi connectivity index (χ1v) is 9.32. The van der Waals surface area contributed by atoms with Crippen LogP contribution in [0.15, 0.2) is 0 Å². The Morgan fingerprint density at radius 1 is 1.50 bits per heavy atom. The molecule has 11 heteroatoms. The van der Waals surface area contributed by atoms with Crippen molar-refractivity contribution in [2.24, 2.45) is 11.1 Å². The molecule has 0 bridgehead atoms. The molecule has 0 aromatic carbocycles. The lowest BCUT2D eigenvalue weighted by Crippen LogP contribution is -2.33. The van der Waals surface area contributed by atoms with E-state index in [0.717, 1.165) is 0 Å². The van der Waals surface area contributed by atoms with Crippen LogP contribution in [0.3, 0.4) is 0 Å². The van der Waals surface area contributed by atoms with Crippen molar-refractivity contribution < 1.29 is 22.0 Å². The van der Waals surface area contributed by atoms with Crippen LogP contribution in [0.2, 0.25) is 5.15 Å². The largest absolute Gasteiger partial charge is 0.347 e. The van der Waals surface area contributed by atoms with Crippen molar-refractivity contribution in [2.75, 3.05) is 5.75 Å². The van der Waals surface area contributed by atoms with E-state index in [1.54, 1.807) is 0 Å². The number of nitrogens with zero attached hydrogens (tertiary/aromatic N) is 1. The first kappa shape index (κ1) is 17.5. The number of nitrogens with two attached hydrogens (primary N) is 1. The highest BCUT2D eigenvalue weighted by Gasteiger charge is 2.30. The van der Waals surface area contributed by atoms with Gasteiger partial charge in [-0.15, -0.1) is 11.3 Å². The third-order valence-corrected chi connectivity index (χ3v) is 5.74. The van der Waals surface area contributed by atoms with Crippen LogP contribution in [0.5, 0.6) is 0 Å². The summed E-state index contributed by atoms with van der Waals surface area (Å²) in [6.07, 6.45) is -1.07. The van der Waals surface area contributed by atoms with E-state index >= 15 is 0 Å². The molecule has 3 N–H and O–H groups in total. The number of nitrogens with one attached hydrogen (secondary N) is 1. The molecule has 6 nitrogen and oxygen atoms in total. The summed E-state index contributed by atoms with van der Waals surface area (Å²) < 4.78 is 47.3. The Labute approximate surface area is 135 Å². The van der Waals surface area contributed by atoms with E-state index in [0.29, 0.717) is 30.6 Å². The number of hydrogen-bond acceptors (Lipinski definition) is 5. The van der Waals surface area contributed by atoms with Crippen molar-refractivity contribution in [3.8, 4) is 0 Å². The van der Waals surface area contributed by atoms with E-state index in [-0.39, 0.29) is 27.9 Å². The van der Waals surface area contributed by atoms with Crippen LogP contribution < -0.4 is 10.5 Å². The molecule has 0 spiro atoms. The maximum Gasteiger partial charge on any atom is 0.280 e. The summed E-state index contributed by atoms with van der Waals surface area (Å²) in [5, 5.41) is 7.15. The Morgan fingerprint density at radius 3 is 2.73 bits per heavy atom. The molecule has 0 saturated heterocycles. The minimum atomic E-state index is -3.55. The molecule has 1 aromatic heterocycles. The molecule has 1 amide bonds. The Balaban J connectivity index is 1.94. The topological polar surface area (TPSA) is 102 Å². The first-order chi connectivity index (χ1) is 10.2. The number of halogens is 3. The zero-order chi connectivity index (χ0) is 16.5. The van der Waals surface area contributed by atoms with Crippen molar-refractivity contribution in [1.29, 1.82) is 0 Å². The number of aromatic nitrogens is 1. The standard InChI is InChI=1S/C11H14ClF2N3O3S2/c12-8-7(9(13)14)21-11(17-8)10(18)16-6-2-1-5(3-6)4-22(15,19)20/h5-6,9H,1-4H2,(H,16,18)(H2,15,19,20)/t5-,6+/m1/s1. The number of carbonyl (C=O) groups is 1. The third-order valence-electron chi connectivity index (χ3n) is 3.35. The summed E-state index contributed by atoms with van der Waals surface area (Å²) in [4.78, 5) is 15.2. The summed E-state index contributed by atoms with van der Waals surface area (Å²) in [7, 11) is -3.55. The molecule has 0 unspecified atom stereocenters. The van der Waals surface area contributed by atoms with Gasteiger partial charge in [-0.2, -0.15) is 0 Å². The highest BCUT2D eigenvalue weighted by Crippen LogP contribution is 2.33. The minimum Gasteiger partial charge on any atom is -0.347 e. The number of primary sulfonamides is 1. The van der Waals surface area contributed by atoms with Gasteiger partial charge in [-0.1, -0.05) is 11.6 Å². The van der Waals surface area contributed by atoms with Crippen LogP contribution in [-0.2, 0) is 10.0 Å². The first-order valence-electron chi connectivity index (χ1n) is 6.41. The fourth-order valence-electron chi connectivity index (χ4n) is 2.48. The number of alkyl halides is 2. The molecule has 2 rings (SSSR count). The predicted molar refractivity (Wildman–Crippen MR) is 78.7 cm³/mol. The molecule has 1 aliphatic rings. The van der Waals surface area contributed by atoms with Gasteiger partial charge in [-0.05, 0) is 25.2 Å². The molecule has 124 valence electrons. The summed E-state index contributed by atoms with van der Waals surface area (Å²) in [5.41, 5.74) is 0. The highest BCUT2D eigenvalue weighted by atomic mass is 35.5. The van der Waals surface area contributed by atoms with Crippen molar-refractivity contribution in [1.82, 2.24) is 10.3 Å². The average Bonchev–Trinajstić information content (AvgIpc) is 2.94. The third kappa shape index (κ3) is 4.58. The van der Waals surface area contributed by atoms with E-state index < -0.39 is 27.2 Å². The van der Waals surface area contributed by atoms with Crippen LogP contribution in [-0.4, -0.2) is 31.1 Å². The van der Waals surface area contributed by atoms with Gasteiger partial charge in [0, 0.05) is 6.04 Å². The number of thiazole rings is 1. The number of hydrogen-bond donors (Lipinski definition) is 2. The van der Waals surface area contributed by atoms with Gasteiger partial charge in [0.15, 0.2) is 5.01 Å². The molecule has 1 saturated carbocycles. The van der Waals surface area contributed by atoms with Gasteiger partial charge < -0.3 is 5.32 Å². The molecule has 1 fully saturated rings. The van der Waals surface area contributed by atoms with Crippen LogP contribution in [0.1, 0.15) is 40.4 Å². The van der Waals surface area contributed by atoms with E-state index in [9.17, 15) is 22.0 Å². The van der Waals surface area contributed by atoms with Crippen molar-refractivity contribution in [2.45, 2.75) is 31.7 Å². The van der Waals surface area contributed by atoms with Gasteiger partial charge in [0.1, 0.15) is 10.0 Å². The normalized spacial score (nSPS) is 22.2. The summed E-state index contributed by atoms with van der Waals surface area (Å²) in [5.74, 6) is -0.824. The molecule has 1 heterocycles. The van der Waals surface area contributed by atoms with Crippen molar-refractivity contribution in [3.05, 3.63) is 15.0 Å². The number of amides is 1. The number of rotatable bonds is 5. The van der Waals surface area contributed by atoms with Gasteiger partial charge >= 0.3 is 0 Å². The average molecular weight is 374 g/mol. The van der Waals surface area contributed by atoms with Crippen molar-refractivity contribution in [3.63, 3.8) is 0 Å². The van der Waals surface area contributed by atoms with Gasteiger partial charge in [-0.25, -0.2) is 27.3 Å². The minimum absolute atomic E-state index is 0.114. The maximum absolute atomic E-state index is 12.6. The predicted octanol–water partition coefficient (Wildman–Crippen LogP) is 1.92. The number of sulfonamides is 1. The zero-order valence-electron chi connectivity index (χ0n) is 11.3. The quantitative estimate of drug-likeness (QED) is 0.823. The van der Waals surface area contributed by atoms with Crippen LogP contribution in [0.25, 0.3) is 0 Å². The second kappa shape index (κ2) is 6.73. The molecule has 22 heavy (non-hydrogen) atoms. The van der Waals surface area contributed by atoms with Crippen LogP contribution in [0, 0.1) is 5.92 Å². The maximum atomic E-state index is 12.6. The second-order valence-electron chi connectivity index (χ2n) is 5.15. The smallest absolute Gasteiger partial charge is 0.280 e. The Bertz CT molecular complexity index is 666. The molecule has 0 aliphatic heterocycles. The van der Waals surface area contributed by atoms with Crippen LogP contribution in [0.4, 0.5) is 8.78 Å². The van der Waals surface area contributed by atoms with Gasteiger partial charge in [0.05, 0.1) is 5.75 Å². The molecule has 1 aliphatic carbocycles. The number of carbonyl (C=O) groups excluding carboxylic acids is 1. The fraction of sp³-hybridized carbons (Fsp3) is 0.636. The SMILES string of the molecule is NS(=O)(=O)C[C@@H]1CC[C@H](NC(=O)c2nc(Cl)c(C(F)F)s2)C1. The lowest BCUT2D eigenvalue weighted by molar-refractivity contribution is 0.0937. The van der Waals surface area contributed by atoms with E-state index in [4.69, 9.17) is 16.7 Å². The summed E-state index contributed by atoms with van der Waals surface area (Å²) >= 11 is 6.10. The molecule has 0 radical (unpaired) electrons. The Hall–Kier alpha value is -0.840. The monoisotopic (exact) mass is 373 g/mol. The lowest BCUT2D eigenvalue weighted by Gasteiger charge is -2.11. The Kier molecular flexibility index (Phi) is 5.36. The highest BCUT2D eigenvalue weighted by molar-refractivity contribution is 7.89. The van der Waals surface area contributed by atoms with Gasteiger partial charge in [0.2, 0.25) is 10.0 Å². The molecular weight excluding hydrogens is 360 g/mol. The van der Waals surface area contributed by atoms with Crippen LogP contribution >= 0.6 is 22.9 Å². The summed E-state index contributed by atoms with van der Waals surface area (Å²) in [6.45, 7) is 0. The Morgan fingerprint density at radius 2 is 2.18 bits per heavy atom. The zero-order valence-corrected chi connectivity index (χ0v) is 13.6. The van der Waals surface area contributed by atoms with E-state index in [2.05, 4.69) is 10.3 Å². The molecular formula is C11H14ClF2N3O3S2. The van der Waals surface area contributed by atoms with Crippen molar-refractivity contribution >= 4 is 38.9 Å². The lowest BCUT2D eigenvalue weighted by atomic mass is 10.1. The van der Waals surface area contributed by atoms with E-state index in [1.807, 2.05) is 0 Å². The fourth-order valence-corrected chi connectivity index (χ4v) is 4.49. The summed E-state index contributed by atoms with van der Waals surface area (Å²) in [6, 6.07) is -0.225. The van der Waals surface area contributed by atoms with E-state index in [1.165, 1.54) is 0 Å². The molecule has 1 aromatic rings. The van der Waals surface area contributed by atoms with Gasteiger partial charge in [-0.3, -0.25) is 4.79 Å². The molecule has 2 atom stereocenters. The second-order valence-corrected chi connectivity index (χ2v) is 8.20.